The van der Waals surface area contributed by atoms with Gasteiger partial charge >= 0.3 is 0 Å². The average Bonchev–Trinajstić information content (AvgIpc) is 2.51. The number of aryl methyl sites for hydroxylation is 1. The monoisotopic (exact) mass is 300 g/mol. The highest BCUT2D eigenvalue weighted by molar-refractivity contribution is 6.30. The summed E-state index contributed by atoms with van der Waals surface area (Å²) in [4.78, 5) is 2.55. The predicted octanol–water partition coefficient (Wildman–Crippen LogP) is 3.64. The van der Waals surface area contributed by atoms with E-state index in [9.17, 15) is 0 Å². The Hall–Kier alpha value is -1.35. The first kappa shape index (κ1) is 14.6. The Bertz CT molecular complexity index is 588. The van der Waals surface area contributed by atoms with Crippen LogP contribution in [0.1, 0.15) is 22.7 Å². The maximum atomic E-state index is 6.05. The van der Waals surface area contributed by atoms with Gasteiger partial charge in [-0.25, -0.2) is 0 Å². The minimum absolute atomic E-state index is 0.310. The average molecular weight is 301 g/mol. The summed E-state index contributed by atoms with van der Waals surface area (Å²) in [5.74, 6) is 0. The van der Waals surface area contributed by atoms with Crippen LogP contribution in [0.2, 0.25) is 5.02 Å². The number of hydrogen-bond acceptors (Lipinski definition) is 2. The van der Waals surface area contributed by atoms with Gasteiger partial charge in [0.2, 0.25) is 0 Å². The third-order valence-corrected chi connectivity index (χ3v) is 4.31. The van der Waals surface area contributed by atoms with Crippen molar-refractivity contribution in [2.24, 2.45) is 0 Å². The number of halogens is 1. The van der Waals surface area contributed by atoms with Gasteiger partial charge in [0.25, 0.3) is 0 Å². The van der Waals surface area contributed by atoms with E-state index in [2.05, 4.69) is 53.5 Å². The quantitative estimate of drug-likeness (QED) is 0.931. The third kappa shape index (κ3) is 3.46. The zero-order chi connectivity index (χ0) is 14.7. The molecule has 0 saturated carbocycles. The van der Waals surface area contributed by atoms with Crippen LogP contribution >= 0.6 is 11.6 Å². The van der Waals surface area contributed by atoms with E-state index in [0.717, 1.165) is 31.2 Å². The number of piperazine rings is 1. The molecule has 2 nitrogen and oxygen atoms in total. The van der Waals surface area contributed by atoms with Gasteiger partial charge < -0.3 is 5.32 Å². The molecule has 1 aliphatic rings. The summed E-state index contributed by atoms with van der Waals surface area (Å²) >= 11 is 6.05. The zero-order valence-electron chi connectivity index (χ0n) is 12.3. The number of nitrogens with one attached hydrogen (secondary N) is 1. The van der Waals surface area contributed by atoms with Crippen LogP contribution in [0.5, 0.6) is 0 Å². The van der Waals surface area contributed by atoms with Gasteiger partial charge in [0.05, 0.1) is 6.04 Å². The second-order valence-corrected chi connectivity index (χ2v) is 6.09. The summed E-state index contributed by atoms with van der Waals surface area (Å²) in [6, 6.07) is 17.4. The molecule has 110 valence electrons. The first-order valence-corrected chi connectivity index (χ1v) is 7.88. The Labute approximate surface area is 131 Å². The molecule has 0 aromatic heterocycles. The van der Waals surface area contributed by atoms with Crippen LogP contribution in [0.15, 0.2) is 48.5 Å². The molecular formula is C18H21ClN2. The topological polar surface area (TPSA) is 15.3 Å². The summed E-state index contributed by atoms with van der Waals surface area (Å²) in [6.45, 7) is 6.40. The van der Waals surface area contributed by atoms with Crippen LogP contribution in [-0.2, 0) is 0 Å². The standard InChI is InChI=1S/C18H21ClN2/c1-14-3-2-4-16(13-14)18(21-11-9-20-10-12-21)15-5-7-17(19)8-6-15/h2-8,13,18,20H,9-12H2,1H3. The zero-order valence-corrected chi connectivity index (χ0v) is 13.1. The van der Waals surface area contributed by atoms with E-state index in [1.54, 1.807) is 0 Å². The van der Waals surface area contributed by atoms with Crippen molar-refractivity contribution < 1.29 is 0 Å². The Kier molecular flexibility index (Phi) is 4.59. The molecule has 1 unspecified atom stereocenters. The van der Waals surface area contributed by atoms with E-state index in [0.29, 0.717) is 6.04 Å². The second-order valence-electron chi connectivity index (χ2n) is 5.65. The summed E-state index contributed by atoms with van der Waals surface area (Å²) in [5.41, 5.74) is 3.98. The first-order valence-electron chi connectivity index (χ1n) is 7.51. The highest BCUT2D eigenvalue weighted by atomic mass is 35.5. The molecular weight excluding hydrogens is 280 g/mol. The van der Waals surface area contributed by atoms with Crippen molar-refractivity contribution in [3.63, 3.8) is 0 Å². The molecule has 1 saturated heterocycles. The molecule has 0 amide bonds. The van der Waals surface area contributed by atoms with Crippen LogP contribution in [0.25, 0.3) is 0 Å². The Morgan fingerprint density at radius 2 is 1.71 bits per heavy atom. The van der Waals surface area contributed by atoms with Crippen LogP contribution in [0, 0.1) is 6.92 Å². The smallest absolute Gasteiger partial charge is 0.0602 e. The predicted molar refractivity (Wildman–Crippen MR) is 88.9 cm³/mol. The van der Waals surface area contributed by atoms with Gasteiger partial charge in [-0.1, -0.05) is 53.6 Å². The van der Waals surface area contributed by atoms with Gasteiger partial charge in [0.15, 0.2) is 0 Å². The van der Waals surface area contributed by atoms with E-state index in [-0.39, 0.29) is 0 Å². The van der Waals surface area contributed by atoms with Crippen molar-refractivity contribution in [3.05, 3.63) is 70.2 Å². The van der Waals surface area contributed by atoms with E-state index >= 15 is 0 Å². The minimum Gasteiger partial charge on any atom is -0.314 e. The van der Waals surface area contributed by atoms with Gasteiger partial charge in [-0.05, 0) is 30.2 Å². The van der Waals surface area contributed by atoms with E-state index in [4.69, 9.17) is 11.6 Å². The molecule has 1 aliphatic heterocycles. The highest BCUT2D eigenvalue weighted by Gasteiger charge is 2.23. The normalized spacial score (nSPS) is 17.6. The maximum absolute atomic E-state index is 6.05. The van der Waals surface area contributed by atoms with Crippen LogP contribution in [-0.4, -0.2) is 31.1 Å². The molecule has 1 atom stereocenters. The molecule has 0 radical (unpaired) electrons. The summed E-state index contributed by atoms with van der Waals surface area (Å²) in [5, 5.41) is 4.22. The number of hydrogen-bond donors (Lipinski definition) is 1. The molecule has 1 fully saturated rings. The van der Waals surface area contributed by atoms with E-state index in [1.807, 2.05) is 12.1 Å². The molecule has 0 bridgehead atoms. The van der Waals surface area contributed by atoms with Crippen molar-refractivity contribution in [2.45, 2.75) is 13.0 Å². The van der Waals surface area contributed by atoms with Gasteiger partial charge in [0, 0.05) is 31.2 Å². The molecule has 3 heteroatoms. The van der Waals surface area contributed by atoms with Crippen molar-refractivity contribution in [1.29, 1.82) is 0 Å². The lowest BCUT2D eigenvalue weighted by Gasteiger charge is -2.35. The largest absolute Gasteiger partial charge is 0.314 e. The van der Waals surface area contributed by atoms with Gasteiger partial charge in [-0.3, -0.25) is 4.90 Å². The van der Waals surface area contributed by atoms with Crippen LogP contribution < -0.4 is 5.32 Å². The second kappa shape index (κ2) is 6.61. The Morgan fingerprint density at radius 1 is 1.00 bits per heavy atom. The molecule has 3 rings (SSSR count). The number of benzene rings is 2. The van der Waals surface area contributed by atoms with Gasteiger partial charge in [-0.2, -0.15) is 0 Å². The first-order chi connectivity index (χ1) is 10.2. The van der Waals surface area contributed by atoms with Crippen LogP contribution in [0.3, 0.4) is 0 Å². The molecule has 1 N–H and O–H groups in total. The highest BCUT2D eigenvalue weighted by Crippen LogP contribution is 2.30. The lowest BCUT2D eigenvalue weighted by molar-refractivity contribution is 0.198. The van der Waals surface area contributed by atoms with Crippen molar-refractivity contribution in [2.75, 3.05) is 26.2 Å². The fourth-order valence-corrected chi connectivity index (χ4v) is 3.17. The molecule has 0 spiro atoms. The SMILES string of the molecule is Cc1cccc(C(c2ccc(Cl)cc2)N2CCNCC2)c1. The number of rotatable bonds is 3. The Balaban J connectivity index is 1.99. The molecule has 2 aromatic rings. The fraction of sp³-hybridized carbons (Fsp3) is 0.333. The summed E-state index contributed by atoms with van der Waals surface area (Å²) in [7, 11) is 0. The lowest BCUT2D eigenvalue weighted by atomic mass is 9.95. The van der Waals surface area contributed by atoms with Gasteiger partial charge in [0.1, 0.15) is 0 Å². The Morgan fingerprint density at radius 3 is 2.38 bits per heavy atom. The molecule has 0 aliphatic carbocycles. The van der Waals surface area contributed by atoms with E-state index in [1.165, 1.54) is 16.7 Å². The van der Waals surface area contributed by atoms with Crippen molar-refractivity contribution in [3.8, 4) is 0 Å². The van der Waals surface area contributed by atoms with Crippen molar-refractivity contribution >= 4 is 11.6 Å². The molecule has 2 aromatic carbocycles. The van der Waals surface area contributed by atoms with Crippen LogP contribution in [0.4, 0.5) is 0 Å². The van der Waals surface area contributed by atoms with Gasteiger partial charge in [-0.15, -0.1) is 0 Å². The molecule has 1 heterocycles. The summed E-state index contributed by atoms with van der Waals surface area (Å²) in [6.07, 6.45) is 0. The fourth-order valence-electron chi connectivity index (χ4n) is 3.04. The third-order valence-electron chi connectivity index (χ3n) is 4.06. The van der Waals surface area contributed by atoms with E-state index < -0.39 is 0 Å². The minimum atomic E-state index is 0.310. The number of nitrogens with zero attached hydrogens (tertiary/aromatic N) is 1. The molecule has 21 heavy (non-hydrogen) atoms. The van der Waals surface area contributed by atoms with Crippen molar-refractivity contribution in [1.82, 2.24) is 10.2 Å². The lowest BCUT2D eigenvalue weighted by Crippen LogP contribution is -2.45. The summed E-state index contributed by atoms with van der Waals surface area (Å²) < 4.78 is 0. The maximum Gasteiger partial charge on any atom is 0.0602 e.